The predicted molar refractivity (Wildman–Crippen MR) is 101 cm³/mol. The van der Waals surface area contributed by atoms with E-state index in [4.69, 9.17) is 0 Å². The van der Waals surface area contributed by atoms with E-state index in [0.717, 1.165) is 11.1 Å². The van der Waals surface area contributed by atoms with Gasteiger partial charge in [0.15, 0.2) is 5.17 Å². The van der Waals surface area contributed by atoms with Crippen LogP contribution in [0.15, 0.2) is 63.9 Å². The highest BCUT2D eigenvalue weighted by Gasteiger charge is 2.30. The molecule has 1 aromatic heterocycles. The minimum absolute atomic E-state index is 0.140. The molecule has 26 heavy (non-hydrogen) atoms. The molecule has 0 bridgehead atoms. The Morgan fingerprint density at radius 1 is 1.23 bits per heavy atom. The Hall–Kier alpha value is -2.26. The molecule has 1 N–H and O–H groups in total. The Morgan fingerprint density at radius 3 is 2.65 bits per heavy atom. The zero-order chi connectivity index (χ0) is 18.4. The summed E-state index contributed by atoms with van der Waals surface area (Å²) in [7, 11) is 0. The predicted octanol–water partition coefficient (Wildman–Crippen LogP) is 3.56. The smallest absolute Gasteiger partial charge is 0.288 e. The van der Waals surface area contributed by atoms with Gasteiger partial charge in [-0.15, -0.1) is 5.10 Å². The molecule has 1 saturated heterocycles. The van der Waals surface area contributed by atoms with Crippen molar-refractivity contribution in [2.45, 2.75) is 22.3 Å². The molecule has 1 aliphatic heterocycles. The summed E-state index contributed by atoms with van der Waals surface area (Å²) >= 11 is 1.80. The fourth-order valence-electron chi connectivity index (χ4n) is 2.21. The topological polar surface area (TPSA) is 66.7 Å². The number of hydrogen-bond acceptors (Lipinski definition) is 6. The van der Waals surface area contributed by atoms with Gasteiger partial charge in [-0.05, 0) is 41.8 Å². The van der Waals surface area contributed by atoms with Crippen LogP contribution in [0.5, 0.6) is 0 Å². The number of nitrogens with one attached hydrogen (secondary N) is 1. The lowest BCUT2D eigenvalue weighted by Crippen LogP contribution is -2.25. The third-order valence-electron chi connectivity index (χ3n) is 3.41. The molecule has 2 aromatic rings. The number of halogens is 2. The summed E-state index contributed by atoms with van der Waals surface area (Å²) in [6, 6.07) is 10.4. The average Bonchev–Trinajstić information content (AvgIpc) is 2.97. The largest absolute Gasteiger partial charge is 0.303 e. The number of pyridine rings is 1. The summed E-state index contributed by atoms with van der Waals surface area (Å²) in [5.74, 6) is -2.58. The maximum atomic E-state index is 12.3. The molecule has 0 aliphatic carbocycles. The van der Waals surface area contributed by atoms with E-state index >= 15 is 0 Å². The van der Waals surface area contributed by atoms with E-state index in [1.807, 2.05) is 0 Å². The van der Waals surface area contributed by atoms with E-state index in [0.29, 0.717) is 28.2 Å². The van der Waals surface area contributed by atoms with Crippen molar-refractivity contribution in [1.82, 2.24) is 10.3 Å². The molecule has 1 fully saturated rings. The van der Waals surface area contributed by atoms with Crippen molar-refractivity contribution in [1.29, 1.82) is 0 Å². The van der Waals surface area contributed by atoms with Crippen molar-refractivity contribution < 1.29 is 13.6 Å². The molecule has 0 saturated carbocycles. The quantitative estimate of drug-likeness (QED) is 0.464. The number of aromatic nitrogens is 1. The van der Waals surface area contributed by atoms with Crippen molar-refractivity contribution >= 4 is 40.8 Å². The van der Waals surface area contributed by atoms with Gasteiger partial charge in [-0.1, -0.05) is 35.7 Å². The van der Waals surface area contributed by atoms with Gasteiger partial charge in [-0.25, -0.2) is 0 Å². The number of benzene rings is 1. The maximum Gasteiger partial charge on any atom is 0.288 e. The van der Waals surface area contributed by atoms with Crippen LogP contribution in [-0.2, 0) is 11.2 Å². The number of thioether (sulfide) groups is 2. The van der Waals surface area contributed by atoms with Crippen LogP contribution < -0.4 is 5.32 Å². The Balaban J connectivity index is 1.57. The van der Waals surface area contributed by atoms with E-state index in [1.54, 1.807) is 55.0 Å². The molecule has 0 unspecified atom stereocenters. The van der Waals surface area contributed by atoms with Gasteiger partial charge in [0.2, 0.25) is 5.91 Å². The first-order valence-corrected chi connectivity index (χ1v) is 9.38. The molecule has 5 nitrogen and oxygen atoms in total. The highest BCUT2D eigenvalue weighted by atomic mass is 32.2. The van der Waals surface area contributed by atoms with Crippen LogP contribution in [0.4, 0.5) is 8.78 Å². The Kier molecular flexibility index (Phi) is 6.35. The van der Waals surface area contributed by atoms with Crippen LogP contribution in [0.2, 0.25) is 0 Å². The van der Waals surface area contributed by atoms with E-state index < -0.39 is 5.76 Å². The Bertz CT molecular complexity index is 813. The third-order valence-corrected chi connectivity index (χ3v) is 5.20. The number of carbonyl (C=O) groups excluding carboxylic acids is 1. The summed E-state index contributed by atoms with van der Waals surface area (Å²) in [4.78, 5) is 16.5. The number of hydrogen-bond donors (Lipinski definition) is 1. The molecule has 1 aromatic carbocycles. The van der Waals surface area contributed by atoms with Crippen LogP contribution in [0.25, 0.3) is 0 Å². The lowest BCUT2D eigenvalue weighted by Gasteiger charge is -2.06. The van der Waals surface area contributed by atoms with Gasteiger partial charge in [-0.2, -0.15) is 13.9 Å². The van der Waals surface area contributed by atoms with Crippen molar-refractivity contribution in [2.75, 3.05) is 0 Å². The number of amidine groups is 1. The van der Waals surface area contributed by atoms with Crippen molar-refractivity contribution in [2.24, 2.45) is 10.2 Å². The third kappa shape index (κ3) is 5.37. The highest BCUT2D eigenvalue weighted by Crippen LogP contribution is 2.27. The van der Waals surface area contributed by atoms with Crippen LogP contribution in [0.3, 0.4) is 0 Å². The van der Waals surface area contributed by atoms with Gasteiger partial charge in [0.05, 0.1) is 11.5 Å². The summed E-state index contributed by atoms with van der Waals surface area (Å²) in [5.41, 5.74) is 1.76. The minimum atomic E-state index is -2.44. The minimum Gasteiger partial charge on any atom is -0.303 e. The number of carbonyl (C=O) groups is 1. The van der Waals surface area contributed by atoms with Crippen molar-refractivity contribution in [3.8, 4) is 0 Å². The molecular formula is C17H14F2N4OS2. The first kappa shape index (κ1) is 18.5. The zero-order valence-corrected chi connectivity index (χ0v) is 15.0. The summed E-state index contributed by atoms with van der Waals surface area (Å²) in [6.45, 7) is 0. The van der Waals surface area contributed by atoms with Crippen LogP contribution in [0.1, 0.15) is 11.1 Å². The van der Waals surface area contributed by atoms with Crippen LogP contribution in [-0.4, -0.2) is 33.3 Å². The number of amides is 1. The molecule has 2 heterocycles. The molecule has 3 rings (SSSR count). The first-order valence-electron chi connectivity index (χ1n) is 7.62. The molecule has 1 aliphatic rings. The lowest BCUT2D eigenvalue weighted by molar-refractivity contribution is -0.118. The van der Waals surface area contributed by atoms with E-state index in [-0.39, 0.29) is 11.2 Å². The lowest BCUT2D eigenvalue weighted by atomic mass is 10.1. The second-order valence-electron chi connectivity index (χ2n) is 5.25. The molecular weight excluding hydrogens is 378 g/mol. The summed E-state index contributed by atoms with van der Waals surface area (Å²) in [5, 5.41) is 10.8. The second-order valence-corrected chi connectivity index (χ2v) is 7.51. The van der Waals surface area contributed by atoms with Gasteiger partial charge in [0.25, 0.3) is 5.76 Å². The molecule has 1 amide bonds. The summed E-state index contributed by atoms with van der Waals surface area (Å²) in [6.07, 6.45) is 5.38. The van der Waals surface area contributed by atoms with Gasteiger partial charge < -0.3 is 5.32 Å². The number of rotatable bonds is 6. The normalized spacial score (nSPS) is 18.8. The van der Waals surface area contributed by atoms with Crippen LogP contribution >= 0.6 is 23.5 Å². The standard InChI is InChI=1S/C17H14F2N4OS2/c18-16(19)25-13-3-1-11(2-4-13)9-14-15(24)22-17(26-14)23-21-10-12-5-7-20-8-6-12/h1-8,10,14,16H,9H2,(H,22,23,24)/b21-10-/t14-/m1/s1. The van der Waals surface area contributed by atoms with Gasteiger partial charge >= 0.3 is 0 Å². The first-order chi connectivity index (χ1) is 12.6. The molecule has 0 radical (unpaired) electrons. The SMILES string of the molecule is O=C1N/C(=N\N=C/c2ccncc2)S[C@@H]1Cc1ccc(SC(F)F)cc1. The fraction of sp³-hybridized carbons (Fsp3) is 0.176. The fourth-order valence-corrected chi connectivity index (χ4v) is 3.67. The van der Waals surface area contributed by atoms with Gasteiger partial charge in [0.1, 0.15) is 0 Å². The number of alkyl halides is 2. The number of nitrogens with zero attached hydrogens (tertiary/aromatic N) is 3. The van der Waals surface area contributed by atoms with Crippen molar-refractivity contribution in [3.63, 3.8) is 0 Å². The maximum absolute atomic E-state index is 12.3. The zero-order valence-electron chi connectivity index (χ0n) is 13.4. The van der Waals surface area contributed by atoms with Gasteiger partial charge in [-0.3, -0.25) is 9.78 Å². The highest BCUT2D eigenvalue weighted by molar-refractivity contribution is 8.15. The van der Waals surface area contributed by atoms with E-state index in [1.165, 1.54) is 11.8 Å². The summed E-state index contributed by atoms with van der Waals surface area (Å²) < 4.78 is 24.7. The average molecular weight is 392 g/mol. The van der Waals surface area contributed by atoms with E-state index in [9.17, 15) is 13.6 Å². The molecule has 0 spiro atoms. The van der Waals surface area contributed by atoms with Crippen LogP contribution in [0, 0.1) is 0 Å². The Morgan fingerprint density at radius 2 is 1.96 bits per heavy atom. The Labute approximate surface area is 157 Å². The molecule has 1 atom stereocenters. The molecule has 9 heteroatoms. The van der Waals surface area contributed by atoms with E-state index in [2.05, 4.69) is 20.5 Å². The second kappa shape index (κ2) is 8.91. The monoisotopic (exact) mass is 392 g/mol. The van der Waals surface area contributed by atoms with Gasteiger partial charge in [0, 0.05) is 17.3 Å². The molecule has 134 valence electrons. The van der Waals surface area contributed by atoms with Crippen molar-refractivity contribution in [3.05, 3.63) is 59.9 Å².